The van der Waals surface area contributed by atoms with Gasteiger partial charge in [-0.25, -0.2) is 0 Å². The third kappa shape index (κ3) is 12.7. The zero-order chi connectivity index (χ0) is 39.4. The van der Waals surface area contributed by atoms with Gasteiger partial charge in [-0.2, -0.15) is 78.9 Å². The van der Waals surface area contributed by atoms with Crippen LogP contribution in [0.25, 0.3) is 54.2 Å². The van der Waals surface area contributed by atoms with Gasteiger partial charge in [0.05, 0.1) is 0 Å². The third-order valence-corrected chi connectivity index (χ3v) is 9.63. The molecule has 0 fully saturated rings. The normalized spacial score (nSPS) is 10.6. The van der Waals surface area contributed by atoms with Crippen LogP contribution < -0.4 is 0 Å². The van der Waals surface area contributed by atoms with Gasteiger partial charge in [0.2, 0.25) is 0 Å². The largest absolute Gasteiger partial charge is 0.184 e. The maximum atomic E-state index is 3.06. The fourth-order valence-corrected chi connectivity index (χ4v) is 6.72. The van der Waals surface area contributed by atoms with Gasteiger partial charge in [-0.15, -0.1) is 99.1 Å². The molecule has 0 N–H and O–H groups in total. The average molecular weight is 879 g/mol. The van der Waals surface area contributed by atoms with Gasteiger partial charge in [-0.05, 0) is 27.2 Å². The SMILES string of the molecule is CC(C)(C)c1ccc2c(c1)[cH-]c1cc(C(C)(C)C)ccc12.Cc1cc2c(-c3cccc4ccccc34)cccc2[cH-]1.Cl.Cl.[Si]=[Zr].[c-]1ccccc1.[c-]1ccccc1. The second-order valence-electron chi connectivity index (χ2n) is 15.8. The van der Waals surface area contributed by atoms with Crippen LogP contribution in [0.15, 0.2) is 176 Å². The van der Waals surface area contributed by atoms with Crippen LogP contribution >= 0.6 is 24.8 Å². The van der Waals surface area contributed by atoms with Gasteiger partial charge < -0.3 is 0 Å². The van der Waals surface area contributed by atoms with Crippen molar-refractivity contribution in [2.45, 2.75) is 59.3 Å². The fraction of sp³-hybridized carbons (Fsp3) is 0.170. The number of halogens is 2. The zero-order valence-corrected chi connectivity index (χ0v) is 39.2. The van der Waals surface area contributed by atoms with Crippen molar-refractivity contribution in [2.24, 2.45) is 0 Å². The van der Waals surface area contributed by atoms with Crippen LogP contribution in [-0.4, -0.2) is 6.88 Å². The molecule has 290 valence electrons. The summed E-state index contributed by atoms with van der Waals surface area (Å²) in [5.41, 5.74) is 7.18. The molecule has 2 radical (unpaired) electrons. The van der Waals surface area contributed by atoms with Crippen molar-refractivity contribution >= 4 is 74.8 Å². The van der Waals surface area contributed by atoms with E-state index in [-0.39, 0.29) is 35.6 Å². The Balaban J connectivity index is 0.000000223. The second-order valence-corrected chi connectivity index (χ2v) is 15.8. The van der Waals surface area contributed by atoms with Gasteiger partial charge in [0, 0.05) is 0 Å². The smallest absolute Gasteiger partial charge is 0.171 e. The average Bonchev–Trinajstić information content (AvgIpc) is 3.79. The summed E-state index contributed by atoms with van der Waals surface area (Å²) < 4.78 is 0. The van der Waals surface area contributed by atoms with E-state index in [1.807, 2.05) is 60.7 Å². The standard InChI is InChI=1S/C21H25.C20H15.2C6H5.2ClH.Si.Zr/c1-20(2,3)16-7-9-18-14(12-16)11-15-13-17(21(4,5)6)8-10-19(15)18;1-14-12-16-8-5-11-19(20(16)13-14)18-10-4-7-15-6-2-3-9-17(15)18;2*1-2-4-6-5-3-1;;;;/h7-13H,1-6H3;2-13H,1H3;2*1-5H;2*1H;;/q4*-1;;;;. The summed E-state index contributed by atoms with van der Waals surface area (Å²) in [5, 5.41) is 10.8. The molecule has 0 saturated heterocycles. The van der Waals surface area contributed by atoms with Crippen LogP contribution in [0.1, 0.15) is 58.2 Å². The molecule has 9 aromatic carbocycles. The van der Waals surface area contributed by atoms with Gasteiger partial charge in [-0.3, -0.25) is 0 Å². The van der Waals surface area contributed by atoms with E-state index in [2.05, 4.69) is 183 Å². The first-order chi connectivity index (χ1) is 26.5. The number of benzene rings is 7. The van der Waals surface area contributed by atoms with Crippen LogP contribution in [0, 0.1) is 19.1 Å². The summed E-state index contributed by atoms with van der Waals surface area (Å²) in [7, 11) is 0. The molecule has 0 heterocycles. The summed E-state index contributed by atoms with van der Waals surface area (Å²) in [4.78, 5) is 0. The Hall–Kier alpha value is -4.04. The Bertz CT molecular complexity index is 2400. The van der Waals surface area contributed by atoms with Crippen LogP contribution in [-0.2, 0) is 34.2 Å². The van der Waals surface area contributed by atoms with Crippen molar-refractivity contribution in [3.63, 3.8) is 0 Å². The molecule has 57 heavy (non-hydrogen) atoms. The van der Waals surface area contributed by atoms with Crippen molar-refractivity contribution in [2.75, 3.05) is 0 Å². The van der Waals surface area contributed by atoms with E-state index >= 15 is 0 Å². The first-order valence-electron chi connectivity index (χ1n) is 18.8. The molecule has 0 aliphatic carbocycles. The minimum Gasteiger partial charge on any atom is -0.184 e. The number of rotatable bonds is 1. The van der Waals surface area contributed by atoms with E-state index < -0.39 is 0 Å². The van der Waals surface area contributed by atoms with E-state index in [0.717, 1.165) is 0 Å². The Morgan fingerprint density at radius 1 is 0.439 bits per heavy atom. The zero-order valence-electron chi connectivity index (χ0n) is 34.1. The van der Waals surface area contributed by atoms with Crippen molar-refractivity contribution in [3.05, 3.63) is 205 Å². The number of fused-ring (bicyclic) bond motifs is 5. The molecule has 0 atom stereocenters. The summed E-state index contributed by atoms with van der Waals surface area (Å²) in [6.45, 7) is 18.9. The first kappa shape index (κ1) is 47.3. The maximum absolute atomic E-state index is 3.06. The topological polar surface area (TPSA) is 0 Å². The van der Waals surface area contributed by atoms with Gasteiger partial charge in [0.15, 0.2) is 0 Å². The predicted octanol–water partition coefficient (Wildman–Crippen LogP) is 15.4. The quantitative estimate of drug-likeness (QED) is 0.114. The van der Waals surface area contributed by atoms with Crippen molar-refractivity contribution in [3.8, 4) is 11.1 Å². The molecule has 0 amide bonds. The van der Waals surface area contributed by atoms with E-state index in [0.29, 0.717) is 0 Å². The van der Waals surface area contributed by atoms with Gasteiger partial charge in [-0.1, -0.05) is 138 Å². The molecule has 0 aromatic heterocycles. The monoisotopic (exact) mass is 876 g/mol. The Morgan fingerprint density at radius 3 is 1.35 bits per heavy atom. The third-order valence-electron chi connectivity index (χ3n) is 9.63. The van der Waals surface area contributed by atoms with E-state index in [4.69, 9.17) is 0 Å². The number of hydrogen-bond donors (Lipinski definition) is 0. The van der Waals surface area contributed by atoms with E-state index in [1.165, 1.54) is 94.2 Å². The molecular weight excluding hydrogens is 827 g/mol. The molecule has 0 bridgehead atoms. The van der Waals surface area contributed by atoms with Gasteiger partial charge in [0.25, 0.3) is 0 Å². The molecule has 0 aliphatic heterocycles. The number of hydrogen-bond acceptors (Lipinski definition) is 0. The van der Waals surface area contributed by atoms with Crippen molar-refractivity contribution < 1.29 is 23.3 Å². The molecule has 0 spiro atoms. The van der Waals surface area contributed by atoms with E-state index in [9.17, 15) is 0 Å². The molecule has 0 nitrogen and oxygen atoms in total. The van der Waals surface area contributed by atoms with Crippen molar-refractivity contribution in [1.82, 2.24) is 0 Å². The first-order valence-corrected chi connectivity index (χ1v) is 23.0. The Kier molecular flexibility index (Phi) is 18.4. The summed E-state index contributed by atoms with van der Waals surface area (Å²) in [6, 6.07) is 67.4. The Labute approximate surface area is 370 Å². The van der Waals surface area contributed by atoms with Crippen molar-refractivity contribution in [1.29, 1.82) is 0 Å². The minimum absolute atomic E-state index is 0. The molecule has 4 heteroatoms. The molecule has 0 aliphatic rings. The summed E-state index contributed by atoms with van der Waals surface area (Å²) in [6.07, 6.45) is 0. The predicted molar refractivity (Wildman–Crippen MR) is 252 cm³/mol. The minimum atomic E-state index is 0. The molecule has 0 saturated carbocycles. The van der Waals surface area contributed by atoms with Crippen LogP contribution in [0.3, 0.4) is 0 Å². The van der Waals surface area contributed by atoms with Crippen LogP contribution in [0.4, 0.5) is 0 Å². The summed E-state index contributed by atoms with van der Waals surface area (Å²) >= 11 is 1.36. The number of aryl methyl sites for hydroxylation is 1. The summed E-state index contributed by atoms with van der Waals surface area (Å²) in [5.74, 6) is 0. The Morgan fingerprint density at radius 2 is 0.895 bits per heavy atom. The van der Waals surface area contributed by atoms with Crippen LogP contribution in [0.2, 0.25) is 0 Å². The fourth-order valence-electron chi connectivity index (χ4n) is 6.72. The van der Waals surface area contributed by atoms with Gasteiger partial charge in [0.1, 0.15) is 0 Å². The second kappa shape index (κ2) is 22.2. The molecule has 9 aromatic rings. The molecule has 9 rings (SSSR count). The molecular formula is C53H52Cl2SiZr-4. The van der Waals surface area contributed by atoms with Crippen LogP contribution in [0.5, 0.6) is 0 Å². The maximum Gasteiger partial charge on any atom is -0.171 e. The van der Waals surface area contributed by atoms with E-state index in [1.54, 1.807) is 0 Å². The van der Waals surface area contributed by atoms with Gasteiger partial charge >= 0.3 is 30.2 Å². The molecule has 0 unspecified atom stereocenters.